The third-order valence-corrected chi connectivity index (χ3v) is 4.37. The highest BCUT2D eigenvalue weighted by atomic mass is 16.5. The van der Waals surface area contributed by atoms with Gasteiger partial charge in [-0.1, -0.05) is 25.8 Å². The van der Waals surface area contributed by atoms with E-state index in [0.717, 1.165) is 12.8 Å². The Hall–Kier alpha value is -1.91. The Labute approximate surface area is 125 Å². The molecule has 2 rings (SSSR count). The molecule has 21 heavy (non-hydrogen) atoms. The van der Waals surface area contributed by atoms with Crippen LogP contribution in [0, 0.1) is 5.92 Å². The Morgan fingerprint density at radius 2 is 2.19 bits per heavy atom. The SMILES string of the molecule is COC(=O)[C@]1(N(C)C(=O)c2ccccn2)CCC[C@H](C)C1. The van der Waals surface area contributed by atoms with Crippen LogP contribution in [-0.4, -0.2) is 41.5 Å². The maximum absolute atomic E-state index is 12.6. The Balaban J connectivity index is 2.32. The molecule has 0 aromatic carbocycles. The van der Waals surface area contributed by atoms with Crippen molar-refractivity contribution >= 4 is 11.9 Å². The fraction of sp³-hybridized carbons (Fsp3) is 0.562. The first-order chi connectivity index (χ1) is 10.0. The minimum Gasteiger partial charge on any atom is -0.467 e. The molecule has 1 aromatic rings. The summed E-state index contributed by atoms with van der Waals surface area (Å²) in [6, 6.07) is 5.19. The molecular formula is C16H22N2O3. The van der Waals surface area contributed by atoms with Crippen LogP contribution >= 0.6 is 0 Å². The van der Waals surface area contributed by atoms with Gasteiger partial charge in [0.15, 0.2) is 0 Å². The largest absolute Gasteiger partial charge is 0.467 e. The molecule has 0 unspecified atom stereocenters. The number of carbonyl (C=O) groups excluding carboxylic acids is 2. The predicted molar refractivity (Wildman–Crippen MR) is 78.7 cm³/mol. The molecule has 0 aliphatic heterocycles. The zero-order chi connectivity index (χ0) is 15.5. The van der Waals surface area contributed by atoms with Crippen LogP contribution in [0.3, 0.4) is 0 Å². The molecule has 5 nitrogen and oxygen atoms in total. The van der Waals surface area contributed by atoms with Crippen LogP contribution in [0.15, 0.2) is 24.4 Å². The van der Waals surface area contributed by atoms with Crippen LogP contribution in [0.25, 0.3) is 0 Å². The van der Waals surface area contributed by atoms with Gasteiger partial charge in [0.05, 0.1) is 7.11 Å². The normalized spacial score (nSPS) is 25.2. The van der Waals surface area contributed by atoms with Gasteiger partial charge in [-0.3, -0.25) is 9.78 Å². The van der Waals surface area contributed by atoms with Gasteiger partial charge < -0.3 is 9.64 Å². The molecule has 2 atom stereocenters. The van der Waals surface area contributed by atoms with Crippen LogP contribution in [-0.2, 0) is 9.53 Å². The fourth-order valence-corrected chi connectivity index (χ4v) is 3.20. The van der Waals surface area contributed by atoms with Gasteiger partial charge in [-0.15, -0.1) is 0 Å². The first-order valence-electron chi connectivity index (χ1n) is 7.29. The van der Waals surface area contributed by atoms with Crippen LogP contribution < -0.4 is 0 Å². The molecule has 0 spiro atoms. The molecule has 1 fully saturated rings. The number of ether oxygens (including phenoxy) is 1. The number of hydrogen-bond donors (Lipinski definition) is 0. The van der Waals surface area contributed by atoms with E-state index in [4.69, 9.17) is 4.74 Å². The Morgan fingerprint density at radius 1 is 1.43 bits per heavy atom. The van der Waals surface area contributed by atoms with Gasteiger partial charge in [0.25, 0.3) is 5.91 Å². The van der Waals surface area contributed by atoms with Gasteiger partial charge in [0.2, 0.25) is 0 Å². The summed E-state index contributed by atoms with van der Waals surface area (Å²) in [6.07, 6.45) is 4.84. The van der Waals surface area contributed by atoms with Crippen molar-refractivity contribution in [3.8, 4) is 0 Å². The van der Waals surface area contributed by atoms with Gasteiger partial charge in [0.1, 0.15) is 11.2 Å². The smallest absolute Gasteiger partial charge is 0.331 e. The number of carbonyl (C=O) groups is 2. The number of pyridine rings is 1. The van der Waals surface area contributed by atoms with E-state index >= 15 is 0 Å². The zero-order valence-corrected chi connectivity index (χ0v) is 12.8. The van der Waals surface area contributed by atoms with Crippen molar-refractivity contribution in [3.63, 3.8) is 0 Å². The average molecular weight is 290 g/mol. The topological polar surface area (TPSA) is 59.5 Å². The lowest BCUT2D eigenvalue weighted by molar-refractivity contribution is -0.156. The molecule has 0 saturated heterocycles. The molecule has 0 bridgehead atoms. The molecule has 1 aliphatic rings. The molecule has 0 N–H and O–H groups in total. The number of esters is 1. The van der Waals surface area contributed by atoms with Crippen molar-refractivity contribution < 1.29 is 14.3 Å². The van der Waals surface area contributed by atoms with E-state index in [1.54, 1.807) is 31.4 Å². The third-order valence-electron chi connectivity index (χ3n) is 4.37. The molecule has 114 valence electrons. The fourth-order valence-electron chi connectivity index (χ4n) is 3.20. The number of amides is 1. The predicted octanol–water partition coefficient (Wildman–Crippen LogP) is 2.28. The summed E-state index contributed by atoms with van der Waals surface area (Å²) < 4.78 is 5.00. The Bertz CT molecular complexity index is 518. The number of nitrogens with zero attached hydrogens (tertiary/aromatic N) is 2. The Morgan fingerprint density at radius 3 is 2.76 bits per heavy atom. The highest BCUT2D eigenvalue weighted by molar-refractivity contribution is 5.96. The molecule has 1 aromatic heterocycles. The van der Waals surface area contributed by atoms with Crippen LogP contribution in [0.1, 0.15) is 43.1 Å². The molecule has 1 heterocycles. The summed E-state index contributed by atoms with van der Waals surface area (Å²) in [5.41, 5.74) is -0.525. The van der Waals surface area contributed by atoms with Crippen molar-refractivity contribution in [2.24, 2.45) is 5.92 Å². The maximum atomic E-state index is 12.6. The highest BCUT2D eigenvalue weighted by Crippen LogP contribution is 2.37. The van der Waals surface area contributed by atoms with E-state index < -0.39 is 5.54 Å². The number of rotatable bonds is 3. The lowest BCUT2D eigenvalue weighted by Gasteiger charge is -2.43. The van der Waals surface area contributed by atoms with Gasteiger partial charge in [0, 0.05) is 13.2 Å². The minimum absolute atomic E-state index is 0.241. The quantitative estimate of drug-likeness (QED) is 0.801. The molecule has 1 aliphatic carbocycles. The highest BCUT2D eigenvalue weighted by Gasteiger charge is 2.48. The molecule has 5 heteroatoms. The van der Waals surface area contributed by atoms with Crippen molar-refractivity contribution in [2.45, 2.75) is 38.1 Å². The Kier molecular flexibility index (Phi) is 4.60. The van der Waals surface area contributed by atoms with E-state index in [-0.39, 0.29) is 11.9 Å². The van der Waals surface area contributed by atoms with Gasteiger partial charge >= 0.3 is 5.97 Å². The van der Waals surface area contributed by atoms with Crippen LogP contribution in [0.5, 0.6) is 0 Å². The van der Waals surface area contributed by atoms with E-state index in [0.29, 0.717) is 24.5 Å². The number of likely N-dealkylation sites (N-methyl/N-ethyl adjacent to an activating group) is 1. The summed E-state index contributed by atoms with van der Waals surface area (Å²) in [6.45, 7) is 2.11. The molecule has 1 amide bonds. The van der Waals surface area contributed by atoms with Crippen molar-refractivity contribution in [1.29, 1.82) is 0 Å². The van der Waals surface area contributed by atoms with E-state index in [2.05, 4.69) is 11.9 Å². The zero-order valence-electron chi connectivity index (χ0n) is 12.8. The van der Waals surface area contributed by atoms with Crippen LogP contribution in [0.4, 0.5) is 0 Å². The lowest BCUT2D eigenvalue weighted by Crippen LogP contribution is -2.58. The maximum Gasteiger partial charge on any atom is 0.331 e. The molecular weight excluding hydrogens is 268 g/mol. The summed E-state index contributed by atoms with van der Waals surface area (Å²) in [5, 5.41) is 0. The molecule has 0 radical (unpaired) electrons. The summed E-state index contributed by atoms with van der Waals surface area (Å²) >= 11 is 0. The average Bonchev–Trinajstić information content (AvgIpc) is 2.53. The van der Waals surface area contributed by atoms with Gasteiger partial charge in [-0.2, -0.15) is 0 Å². The number of hydrogen-bond acceptors (Lipinski definition) is 4. The van der Waals surface area contributed by atoms with Crippen molar-refractivity contribution in [3.05, 3.63) is 30.1 Å². The number of aromatic nitrogens is 1. The summed E-state index contributed by atoms with van der Waals surface area (Å²) in [5.74, 6) is -0.187. The van der Waals surface area contributed by atoms with E-state index in [1.807, 2.05) is 0 Å². The summed E-state index contributed by atoms with van der Waals surface area (Å²) in [4.78, 5) is 30.6. The lowest BCUT2D eigenvalue weighted by atomic mass is 9.75. The third kappa shape index (κ3) is 2.91. The second-order valence-electron chi connectivity index (χ2n) is 5.80. The van der Waals surface area contributed by atoms with Crippen LogP contribution in [0.2, 0.25) is 0 Å². The monoisotopic (exact) mass is 290 g/mol. The molecule has 1 saturated carbocycles. The number of methoxy groups -OCH3 is 1. The second kappa shape index (κ2) is 6.24. The summed E-state index contributed by atoms with van der Waals surface area (Å²) in [7, 11) is 3.05. The first kappa shape index (κ1) is 15.5. The van der Waals surface area contributed by atoms with Crippen molar-refractivity contribution in [1.82, 2.24) is 9.88 Å². The van der Waals surface area contributed by atoms with E-state index in [1.165, 1.54) is 12.0 Å². The second-order valence-corrected chi connectivity index (χ2v) is 5.80. The van der Waals surface area contributed by atoms with Gasteiger partial charge in [-0.25, -0.2) is 4.79 Å². The van der Waals surface area contributed by atoms with Gasteiger partial charge in [-0.05, 0) is 30.9 Å². The van der Waals surface area contributed by atoms with E-state index in [9.17, 15) is 9.59 Å². The van der Waals surface area contributed by atoms with Crippen molar-refractivity contribution in [2.75, 3.05) is 14.2 Å². The standard InChI is InChI=1S/C16H22N2O3/c1-12-7-6-9-16(11-12,15(20)21-3)18(2)14(19)13-8-4-5-10-17-13/h4-5,8,10,12H,6-7,9,11H2,1-3H3/t12-,16-/m0/s1. The first-order valence-corrected chi connectivity index (χ1v) is 7.29. The minimum atomic E-state index is -0.874.